The predicted octanol–water partition coefficient (Wildman–Crippen LogP) is 2.12. The minimum absolute atomic E-state index is 0.111. The van der Waals surface area contributed by atoms with Gasteiger partial charge in [0, 0.05) is 41.8 Å². The molecule has 2 aromatic rings. The number of aromatic amines is 1. The zero-order chi connectivity index (χ0) is 13.2. The van der Waals surface area contributed by atoms with Crippen molar-refractivity contribution in [2.24, 2.45) is 5.73 Å². The quantitative estimate of drug-likeness (QED) is 0.865. The lowest BCUT2D eigenvalue weighted by Gasteiger charge is -2.35. The molecule has 0 bridgehead atoms. The highest BCUT2D eigenvalue weighted by Crippen LogP contribution is 2.23. The number of benzene rings is 1. The summed E-state index contributed by atoms with van der Waals surface area (Å²) in [5.74, 6) is 0.111. The molecule has 0 aliphatic carbocycles. The van der Waals surface area contributed by atoms with Crippen molar-refractivity contribution >= 4 is 16.8 Å². The molecule has 1 aromatic carbocycles. The molecule has 3 rings (SSSR count). The number of hydrogen-bond donors (Lipinski definition) is 2. The molecule has 0 saturated carbocycles. The first kappa shape index (κ1) is 12.2. The molecule has 0 radical (unpaired) electrons. The molecular weight excluding hydrogens is 238 g/mol. The Hall–Kier alpha value is -1.81. The molecule has 4 heteroatoms. The van der Waals surface area contributed by atoms with E-state index in [0.29, 0.717) is 6.54 Å². The van der Waals surface area contributed by atoms with Crippen LogP contribution >= 0.6 is 0 Å². The van der Waals surface area contributed by atoms with Crippen molar-refractivity contribution in [3.63, 3.8) is 0 Å². The molecule has 1 saturated heterocycles. The standard InChI is InChI=1S/C15H19N3O/c16-10-11-4-1-2-9-18(11)15(19)13-5-3-6-14-12(13)7-8-17-14/h3,5-8,11,17H,1-2,4,9-10,16H2. The first-order valence-corrected chi connectivity index (χ1v) is 6.88. The van der Waals surface area contributed by atoms with Crippen molar-refractivity contribution < 1.29 is 4.79 Å². The Bertz CT molecular complexity index is 590. The molecule has 2 heterocycles. The van der Waals surface area contributed by atoms with Gasteiger partial charge in [-0.1, -0.05) is 6.07 Å². The van der Waals surface area contributed by atoms with Crippen LogP contribution in [0.3, 0.4) is 0 Å². The maximum absolute atomic E-state index is 12.7. The maximum Gasteiger partial charge on any atom is 0.254 e. The normalized spacial score (nSPS) is 19.8. The average molecular weight is 257 g/mol. The highest BCUT2D eigenvalue weighted by Gasteiger charge is 2.27. The third kappa shape index (κ3) is 2.12. The largest absolute Gasteiger partial charge is 0.361 e. The van der Waals surface area contributed by atoms with Gasteiger partial charge in [-0.3, -0.25) is 4.79 Å². The summed E-state index contributed by atoms with van der Waals surface area (Å²) in [6.45, 7) is 1.37. The number of aromatic nitrogens is 1. The number of carbonyl (C=O) groups excluding carboxylic acids is 1. The van der Waals surface area contributed by atoms with E-state index >= 15 is 0 Å². The molecule has 1 aromatic heterocycles. The molecule has 3 N–H and O–H groups in total. The summed E-state index contributed by atoms with van der Waals surface area (Å²) in [5.41, 5.74) is 7.59. The number of carbonyl (C=O) groups is 1. The topological polar surface area (TPSA) is 62.1 Å². The SMILES string of the molecule is NCC1CCCCN1C(=O)c1cccc2[nH]ccc12. The second-order valence-corrected chi connectivity index (χ2v) is 5.13. The Morgan fingerprint density at radius 3 is 3.11 bits per heavy atom. The Balaban J connectivity index is 1.96. The van der Waals surface area contributed by atoms with E-state index in [-0.39, 0.29) is 11.9 Å². The molecule has 1 atom stereocenters. The fourth-order valence-corrected chi connectivity index (χ4v) is 2.94. The van der Waals surface area contributed by atoms with Gasteiger partial charge in [0.25, 0.3) is 5.91 Å². The van der Waals surface area contributed by atoms with Crippen molar-refractivity contribution in [2.75, 3.05) is 13.1 Å². The summed E-state index contributed by atoms with van der Waals surface area (Å²) >= 11 is 0. The van der Waals surface area contributed by atoms with Gasteiger partial charge in [0.1, 0.15) is 0 Å². The molecule has 1 aliphatic rings. The summed E-state index contributed by atoms with van der Waals surface area (Å²) in [5, 5.41) is 0.994. The molecule has 1 amide bonds. The Morgan fingerprint density at radius 1 is 1.37 bits per heavy atom. The van der Waals surface area contributed by atoms with Crippen LogP contribution in [-0.2, 0) is 0 Å². The van der Waals surface area contributed by atoms with E-state index in [1.807, 2.05) is 35.4 Å². The number of rotatable bonds is 2. The zero-order valence-electron chi connectivity index (χ0n) is 10.9. The van der Waals surface area contributed by atoms with E-state index in [0.717, 1.165) is 35.9 Å². The number of nitrogens with one attached hydrogen (secondary N) is 1. The Kier molecular flexibility index (Phi) is 3.25. The van der Waals surface area contributed by atoms with Crippen molar-refractivity contribution in [2.45, 2.75) is 25.3 Å². The van der Waals surface area contributed by atoms with Crippen molar-refractivity contribution in [3.8, 4) is 0 Å². The Labute approximate surface area is 112 Å². The molecule has 100 valence electrons. The van der Waals surface area contributed by atoms with Crippen molar-refractivity contribution in [1.29, 1.82) is 0 Å². The third-order valence-corrected chi connectivity index (χ3v) is 3.99. The smallest absolute Gasteiger partial charge is 0.254 e. The second-order valence-electron chi connectivity index (χ2n) is 5.13. The van der Waals surface area contributed by atoms with Crippen LogP contribution in [-0.4, -0.2) is 34.9 Å². The molecular formula is C15H19N3O. The minimum atomic E-state index is 0.111. The lowest BCUT2D eigenvalue weighted by Crippen LogP contribution is -2.47. The van der Waals surface area contributed by atoms with E-state index < -0.39 is 0 Å². The van der Waals surface area contributed by atoms with Gasteiger partial charge in [0.05, 0.1) is 0 Å². The van der Waals surface area contributed by atoms with Gasteiger partial charge in [-0.25, -0.2) is 0 Å². The van der Waals surface area contributed by atoms with Crippen molar-refractivity contribution in [1.82, 2.24) is 9.88 Å². The summed E-state index contributed by atoms with van der Waals surface area (Å²) in [4.78, 5) is 17.8. The van der Waals surface area contributed by atoms with Gasteiger partial charge in [0.2, 0.25) is 0 Å². The minimum Gasteiger partial charge on any atom is -0.361 e. The van der Waals surface area contributed by atoms with Crippen LogP contribution < -0.4 is 5.73 Å². The van der Waals surface area contributed by atoms with Crippen molar-refractivity contribution in [3.05, 3.63) is 36.0 Å². The van der Waals surface area contributed by atoms with Crippen LogP contribution in [0.1, 0.15) is 29.6 Å². The summed E-state index contributed by atoms with van der Waals surface area (Å²) in [6.07, 6.45) is 5.13. The van der Waals surface area contributed by atoms with Gasteiger partial charge >= 0.3 is 0 Å². The molecule has 1 unspecified atom stereocenters. The molecule has 1 fully saturated rings. The van der Waals surface area contributed by atoms with Gasteiger partial charge < -0.3 is 15.6 Å². The van der Waals surface area contributed by atoms with Crippen LogP contribution in [0.25, 0.3) is 10.9 Å². The van der Waals surface area contributed by atoms with Crippen LogP contribution in [0.4, 0.5) is 0 Å². The first-order chi connectivity index (χ1) is 9.31. The highest BCUT2D eigenvalue weighted by atomic mass is 16.2. The van der Waals surface area contributed by atoms with Crippen LogP contribution in [0, 0.1) is 0 Å². The number of fused-ring (bicyclic) bond motifs is 1. The lowest BCUT2D eigenvalue weighted by atomic mass is 10.00. The molecule has 1 aliphatic heterocycles. The fraction of sp³-hybridized carbons (Fsp3) is 0.400. The number of nitrogens with zero attached hydrogens (tertiary/aromatic N) is 1. The van der Waals surface area contributed by atoms with Gasteiger partial charge in [-0.15, -0.1) is 0 Å². The van der Waals surface area contributed by atoms with E-state index in [4.69, 9.17) is 5.73 Å². The van der Waals surface area contributed by atoms with E-state index in [1.165, 1.54) is 6.42 Å². The summed E-state index contributed by atoms with van der Waals surface area (Å²) in [7, 11) is 0. The molecule has 19 heavy (non-hydrogen) atoms. The van der Waals surface area contributed by atoms with Gasteiger partial charge in [-0.2, -0.15) is 0 Å². The number of amides is 1. The third-order valence-electron chi connectivity index (χ3n) is 3.99. The summed E-state index contributed by atoms with van der Waals surface area (Å²) in [6, 6.07) is 7.97. The van der Waals surface area contributed by atoms with Crippen LogP contribution in [0.5, 0.6) is 0 Å². The molecule has 4 nitrogen and oxygen atoms in total. The summed E-state index contributed by atoms with van der Waals surface area (Å²) < 4.78 is 0. The fourth-order valence-electron chi connectivity index (χ4n) is 2.94. The number of piperidine rings is 1. The Morgan fingerprint density at radius 2 is 2.26 bits per heavy atom. The predicted molar refractivity (Wildman–Crippen MR) is 76.0 cm³/mol. The number of hydrogen-bond acceptors (Lipinski definition) is 2. The van der Waals surface area contributed by atoms with Crippen LogP contribution in [0.15, 0.2) is 30.5 Å². The van der Waals surface area contributed by atoms with E-state index in [9.17, 15) is 4.79 Å². The first-order valence-electron chi connectivity index (χ1n) is 6.88. The number of H-pyrrole nitrogens is 1. The molecule has 0 spiro atoms. The number of likely N-dealkylation sites (tertiary alicyclic amines) is 1. The highest BCUT2D eigenvalue weighted by molar-refractivity contribution is 6.06. The number of nitrogens with two attached hydrogens (primary N) is 1. The van der Waals surface area contributed by atoms with Gasteiger partial charge in [-0.05, 0) is 37.5 Å². The monoisotopic (exact) mass is 257 g/mol. The maximum atomic E-state index is 12.7. The average Bonchev–Trinajstić information content (AvgIpc) is 2.94. The zero-order valence-corrected chi connectivity index (χ0v) is 10.9. The second kappa shape index (κ2) is 5.05. The lowest BCUT2D eigenvalue weighted by molar-refractivity contribution is 0.0625. The van der Waals surface area contributed by atoms with Gasteiger partial charge in [0.15, 0.2) is 0 Å². The van der Waals surface area contributed by atoms with E-state index in [2.05, 4.69) is 4.98 Å². The van der Waals surface area contributed by atoms with E-state index in [1.54, 1.807) is 0 Å². The van der Waals surface area contributed by atoms with Crippen LogP contribution in [0.2, 0.25) is 0 Å².